The fraction of sp³-hybridized carbons (Fsp3) is 0.500. The van der Waals surface area contributed by atoms with Crippen LogP contribution in [0.5, 0.6) is 0 Å². The van der Waals surface area contributed by atoms with E-state index in [2.05, 4.69) is 17.4 Å². The second-order valence-electron chi connectivity index (χ2n) is 4.48. The number of nitrogens with zero attached hydrogens (tertiary/aromatic N) is 1. The van der Waals surface area contributed by atoms with Crippen molar-refractivity contribution in [1.82, 2.24) is 5.32 Å². The van der Waals surface area contributed by atoms with Crippen molar-refractivity contribution < 1.29 is 14.3 Å². The Morgan fingerprint density at radius 3 is 2.90 bits per heavy atom. The molecule has 6 heteroatoms. The predicted molar refractivity (Wildman–Crippen MR) is 76.3 cm³/mol. The van der Waals surface area contributed by atoms with Crippen LogP contribution >= 0.6 is 0 Å². The van der Waals surface area contributed by atoms with E-state index in [1.54, 1.807) is 6.07 Å². The molecule has 0 fully saturated rings. The Balaban J connectivity index is 2.38. The first kappa shape index (κ1) is 16.4. The summed E-state index contributed by atoms with van der Waals surface area (Å²) in [7, 11) is 0. The second kappa shape index (κ2) is 9.28. The van der Waals surface area contributed by atoms with Crippen LogP contribution in [0.25, 0.3) is 0 Å². The van der Waals surface area contributed by atoms with Gasteiger partial charge in [0.1, 0.15) is 5.82 Å². The summed E-state index contributed by atoms with van der Waals surface area (Å²) in [5.74, 6) is -0.504. The molecule has 0 saturated carbocycles. The van der Waals surface area contributed by atoms with Crippen molar-refractivity contribution in [2.45, 2.75) is 26.3 Å². The fourth-order valence-electron chi connectivity index (χ4n) is 1.74. The molecule has 0 aliphatic heterocycles. The molecule has 0 bridgehead atoms. The van der Waals surface area contributed by atoms with Gasteiger partial charge in [0.2, 0.25) is 0 Å². The van der Waals surface area contributed by atoms with Crippen LogP contribution in [0.15, 0.2) is 23.4 Å². The first-order valence-corrected chi connectivity index (χ1v) is 6.73. The number of amidine groups is 1. The number of oxime groups is 1. The molecule has 112 valence electrons. The third kappa shape index (κ3) is 5.99. The molecule has 0 aliphatic rings. The maximum atomic E-state index is 13.4. The summed E-state index contributed by atoms with van der Waals surface area (Å²) in [6.07, 6.45) is 1.93. The highest BCUT2D eigenvalue weighted by atomic mass is 19.1. The zero-order chi connectivity index (χ0) is 14.8. The quantitative estimate of drug-likeness (QED) is 0.212. The molecule has 0 saturated heterocycles. The van der Waals surface area contributed by atoms with E-state index >= 15 is 0 Å². The summed E-state index contributed by atoms with van der Waals surface area (Å²) < 4.78 is 18.8. The molecule has 1 aromatic carbocycles. The van der Waals surface area contributed by atoms with Crippen molar-refractivity contribution in [2.75, 3.05) is 19.8 Å². The van der Waals surface area contributed by atoms with E-state index < -0.39 is 5.82 Å². The second-order valence-corrected chi connectivity index (χ2v) is 4.48. The Hall–Kier alpha value is -1.66. The lowest BCUT2D eigenvalue weighted by molar-refractivity contribution is 0.132. The van der Waals surface area contributed by atoms with Crippen molar-refractivity contribution in [3.05, 3.63) is 35.1 Å². The molecular formula is C14H22FN3O2. The smallest absolute Gasteiger partial charge is 0.170 e. The molecule has 0 aliphatic carbocycles. The van der Waals surface area contributed by atoms with Gasteiger partial charge in [-0.1, -0.05) is 12.1 Å². The molecule has 0 amide bonds. The first-order chi connectivity index (χ1) is 9.67. The van der Waals surface area contributed by atoms with E-state index in [1.165, 1.54) is 12.1 Å². The van der Waals surface area contributed by atoms with E-state index in [4.69, 9.17) is 15.7 Å². The van der Waals surface area contributed by atoms with Crippen LogP contribution in [0.3, 0.4) is 0 Å². The molecule has 0 atom stereocenters. The zero-order valence-electron chi connectivity index (χ0n) is 11.7. The topological polar surface area (TPSA) is 79.9 Å². The van der Waals surface area contributed by atoms with Crippen LogP contribution in [0.2, 0.25) is 0 Å². The van der Waals surface area contributed by atoms with Gasteiger partial charge in [0.15, 0.2) is 5.84 Å². The van der Waals surface area contributed by atoms with Gasteiger partial charge in [-0.2, -0.15) is 0 Å². The molecule has 1 aromatic rings. The van der Waals surface area contributed by atoms with Crippen molar-refractivity contribution >= 4 is 5.84 Å². The number of nitrogens with two attached hydrogens (primary N) is 1. The molecule has 20 heavy (non-hydrogen) atoms. The number of hydrogen-bond acceptors (Lipinski definition) is 4. The summed E-state index contributed by atoms with van der Waals surface area (Å²) in [6.45, 7) is 4.89. The Kier molecular flexibility index (Phi) is 7.60. The number of nitrogens with one attached hydrogen (secondary N) is 1. The lowest BCUT2D eigenvalue weighted by Crippen LogP contribution is -2.18. The van der Waals surface area contributed by atoms with Crippen molar-refractivity contribution in [2.24, 2.45) is 10.9 Å². The SMILES string of the molecule is CCCOCCCNCc1cc(F)cc(/C(N)=N/O)c1. The highest BCUT2D eigenvalue weighted by molar-refractivity contribution is 5.97. The first-order valence-electron chi connectivity index (χ1n) is 6.73. The van der Waals surface area contributed by atoms with Crippen LogP contribution in [-0.2, 0) is 11.3 Å². The molecule has 0 radical (unpaired) electrons. The number of benzene rings is 1. The van der Waals surface area contributed by atoms with E-state index in [9.17, 15) is 4.39 Å². The van der Waals surface area contributed by atoms with Crippen molar-refractivity contribution in [3.63, 3.8) is 0 Å². The molecule has 0 heterocycles. The van der Waals surface area contributed by atoms with Gasteiger partial charge < -0.3 is 21.0 Å². The van der Waals surface area contributed by atoms with Crippen LogP contribution in [-0.4, -0.2) is 30.8 Å². The third-order valence-corrected chi connectivity index (χ3v) is 2.68. The van der Waals surface area contributed by atoms with Gasteiger partial charge in [-0.15, -0.1) is 0 Å². The maximum absolute atomic E-state index is 13.4. The highest BCUT2D eigenvalue weighted by Crippen LogP contribution is 2.09. The van der Waals surface area contributed by atoms with E-state index in [0.717, 1.165) is 38.2 Å². The maximum Gasteiger partial charge on any atom is 0.170 e. The van der Waals surface area contributed by atoms with Crippen LogP contribution < -0.4 is 11.1 Å². The third-order valence-electron chi connectivity index (χ3n) is 2.68. The zero-order valence-corrected chi connectivity index (χ0v) is 11.7. The molecular weight excluding hydrogens is 261 g/mol. The fourth-order valence-corrected chi connectivity index (χ4v) is 1.74. The van der Waals surface area contributed by atoms with E-state index in [1.807, 2.05) is 0 Å². The minimum Gasteiger partial charge on any atom is -0.409 e. The van der Waals surface area contributed by atoms with Crippen LogP contribution in [0.1, 0.15) is 30.9 Å². The van der Waals surface area contributed by atoms with Gasteiger partial charge in [0.05, 0.1) is 0 Å². The Morgan fingerprint density at radius 1 is 1.40 bits per heavy atom. The van der Waals surface area contributed by atoms with Crippen LogP contribution in [0.4, 0.5) is 4.39 Å². The highest BCUT2D eigenvalue weighted by Gasteiger charge is 2.04. The van der Waals surface area contributed by atoms with Gasteiger partial charge in [-0.05, 0) is 43.1 Å². The monoisotopic (exact) mass is 283 g/mol. The molecule has 5 nitrogen and oxygen atoms in total. The molecule has 0 unspecified atom stereocenters. The van der Waals surface area contributed by atoms with Crippen molar-refractivity contribution in [1.29, 1.82) is 0 Å². The number of halogens is 1. The largest absolute Gasteiger partial charge is 0.409 e. The summed E-state index contributed by atoms with van der Waals surface area (Å²) in [5, 5.41) is 14.7. The Bertz CT molecular complexity index is 438. The number of ether oxygens (including phenoxy) is 1. The Morgan fingerprint density at radius 2 is 2.20 bits per heavy atom. The summed E-state index contributed by atoms with van der Waals surface area (Å²) in [5.41, 5.74) is 6.57. The minimum absolute atomic E-state index is 0.0984. The Labute approximate surface area is 118 Å². The summed E-state index contributed by atoms with van der Waals surface area (Å²) in [4.78, 5) is 0. The van der Waals surface area contributed by atoms with E-state index in [0.29, 0.717) is 12.1 Å². The average molecular weight is 283 g/mol. The van der Waals surface area contributed by atoms with E-state index in [-0.39, 0.29) is 5.84 Å². The number of rotatable bonds is 9. The minimum atomic E-state index is -0.405. The van der Waals surface area contributed by atoms with Gasteiger partial charge in [0.25, 0.3) is 0 Å². The lowest BCUT2D eigenvalue weighted by Gasteiger charge is -2.07. The van der Waals surface area contributed by atoms with Gasteiger partial charge in [-0.25, -0.2) is 4.39 Å². The van der Waals surface area contributed by atoms with Crippen molar-refractivity contribution in [3.8, 4) is 0 Å². The normalized spacial score (nSPS) is 11.8. The predicted octanol–water partition coefficient (Wildman–Crippen LogP) is 1.83. The van der Waals surface area contributed by atoms with Crippen LogP contribution in [0, 0.1) is 5.82 Å². The summed E-state index contributed by atoms with van der Waals surface area (Å²) >= 11 is 0. The number of hydrogen-bond donors (Lipinski definition) is 3. The summed E-state index contributed by atoms with van der Waals surface area (Å²) in [6, 6.07) is 4.35. The average Bonchev–Trinajstić information content (AvgIpc) is 2.45. The van der Waals surface area contributed by atoms with Gasteiger partial charge in [0, 0.05) is 25.3 Å². The van der Waals surface area contributed by atoms with Gasteiger partial charge in [-0.3, -0.25) is 0 Å². The molecule has 0 aromatic heterocycles. The molecule has 1 rings (SSSR count). The molecule has 4 N–H and O–H groups in total. The lowest BCUT2D eigenvalue weighted by atomic mass is 10.1. The van der Waals surface area contributed by atoms with Gasteiger partial charge >= 0.3 is 0 Å². The standard InChI is InChI=1S/C14H22FN3O2/c1-2-5-20-6-3-4-17-10-11-7-12(14(16)18-19)9-13(15)8-11/h7-9,17,19H,2-6,10H2,1H3,(H2,16,18). The molecule has 0 spiro atoms.